The molecule has 1 saturated carbocycles. The van der Waals surface area contributed by atoms with Crippen molar-refractivity contribution in [3.63, 3.8) is 0 Å². The minimum Gasteiger partial charge on any atom is -0.374 e. The van der Waals surface area contributed by atoms with E-state index in [1.165, 1.54) is 17.6 Å². The van der Waals surface area contributed by atoms with Gasteiger partial charge in [-0.25, -0.2) is 0 Å². The molecule has 6 nitrogen and oxygen atoms in total. The van der Waals surface area contributed by atoms with Crippen LogP contribution in [-0.2, 0) is 18.2 Å². The highest BCUT2D eigenvalue weighted by molar-refractivity contribution is 5.02. The molecule has 1 aliphatic carbocycles. The third-order valence-corrected chi connectivity index (χ3v) is 4.80. The molecule has 1 atom stereocenters. The molecular weight excluding hydrogens is 266 g/mol. The van der Waals surface area contributed by atoms with Crippen molar-refractivity contribution in [2.75, 3.05) is 13.7 Å². The maximum atomic E-state index is 6.25. The fourth-order valence-electron chi connectivity index (χ4n) is 3.37. The summed E-state index contributed by atoms with van der Waals surface area (Å²) in [6, 6.07) is 0.220. The number of aryl methyl sites for hydroxylation is 1. The van der Waals surface area contributed by atoms with Crippen molar-refractivity contribution in [3.8, 4) is 0 Å². The summed E-state index contributed by atoms with van der Waals surface area (Å²) in [7, 11) is 3.80. The molecule has 1 N–H and O–H groups in total. The van der Waals surface area contributed by atoms with Gasteiger partial charge in [-0.3, -0.25) is 0 Å². The summed E-state index contributed by atoms with van der Waals surface area (Å²) in [5.74, 6) is 0.778. The smallest absolute Gasteiger partial charge is 0.176 e. The van der Waals surface area contributed by atoms with Crippen LogP contribution in [0.1, 0.15) is 52.3 Å². The van der Waals surface area contributed by atoms with Crippen molar-refractivity contribution < 1.29 is 4.74 Å². The molecule has 21 heavy (non-hydrogen) atoms. The Labute approximate surface area is 127 Å². The van der Waals surface area contributed by atoms with Gasteiger partial charge in [0, 0.05) is 19.1 Å². The van der Waals surface area contributed by atoms with Gasteiger partial charge in [0.1, 0.15) is 0 Å². The molecule has 2 rings (SSSR count). The molecule has 1 aliphatic rings. The molecule has 0 spiro atoms. The molecule has 120 valence electrons. The first-order chi connectivity index (χ1) is 9.91. The maximum Gasteiger partial charge on any atom is 0.176 e. The van der Waals surface area contributed by atoms with Crippen molar-refractivity contribution >= 4 is 0 Å². The first kappa shape index (κ1) is 16.4. The molecule has 0 aromatic carbocycles. The van der Waals surface area contributed by atoms with Crippen molar-refractivity contribution in [1.29, 1.82) is 0 Å². The van der Waals surface area contributed by atoms with Gasteiger partial charge in [-0.15, -0.1) is 10.2 Å². The number of ether oxygens (including phenoxy) is 1. The van der Waals surface area contributed by atoms with Gasteiger partial charge in [-0.1, -0.05) is 13.8 Å². The molecular formula is C15H29N5O. The molecule has 0 aliphatic heterocycles. The van der Waals surface area contributed by atoms with E-state index in [1.807, 2.05) is 7.05 Å². The van der Waals surface area contributed by atoms with Crippen molar-refractivity contribution in [2.24, 2.45) is 12.5 Å². The molecule has 1 aromatic rings. The summed E-state index contributed by atoms with van der Waals surface area (Å²) in [4.78, 5) is 1.51. The third kappa shape index (κ3) is 3.80. The molecule has 0 amide bonds. The van der Waals surface area contributed by atoms with Gasteiger partial charge in [0.25, 0.3) is 0 Å². The summed E-state index contributed by atoms with van der Waals surface area (Å²) in [6.45, 7) is 7.52. The highest BCUT2D eigenvalue weighted by Crippen LogP contribution is 2.44. The van der Waals surface area contributed by atoms with E-state index in [0.717, 1.165) is 31.7 Å². The average Bonchev–Trinajstić information content (AvgIpc) is 2.85. The summed E-state index contributed by atoms with van der Waals surface area (Å²) >= 11 is 0. The highest BCUT2D eigenvalue weighted by atomic mass is 16.5. The number of nitrogens with zero attached hydrogens (tertiary/aromatic N) is 4. The summed E-state index contributed by atoms with van der Waals surface area (Å²) in [6.07, 6.45) is 5.31. The Balaban J connectivity index is 2.14. The SMILES string of the molecule is CCOC1(C(Cc2nnn(C)n2)NC)CCC(C)(C)CC1. The zero-order valence-electron chi connectivity index (χ0n) is 14.0. The van der Waals surface area contributed by atoms with Crippen molar-refractivity contribution in [1.82, 2.24) is 25.5 Å². The molecule has 1 fully saturated rings. The number of rotatable bonds is 6. The first-order valence-corrected chi connectivity index (χ1v) is 7.95. The first-order valence-electron chi connectivity index (χ1n) is 7.95. The van der Waals surface area contributed by atoms with Gasteiger partial charge in [0.05, 0.1) is 12.6 Å². The van der Waals surface area contributed by atoms with Gasteiger partial charge < -0.3 is 10.1 Å². The zero-order chi connectivity index (χ0) is 15.5. The minimum atomic E-state index is -0.113. The van der Waals surface area contributed by atoms with E-state index in [1.54, 1.807) is 7.05 Å². The van der Waals surface area contributed by atoms with E-state index >= 15 is 0 Å². The summed E-state index contributed by atoms with van der Waals surface area (Å²) in [5.41, 5.74) is 0.307. The van der Waals surface area contributed by atoms with E-state index in [4.69, 9.17) is 4.74 Å². The van der Waals surface area contributed by atoms with Crippen molar-refractivity contribution in [2.45, 2.75) is 64.5 Å². The van der Waals surface area contributed by atoms with E-state index in [0.29, 0.717) is 5.41 Å². The average molecular weight is 295 g/mol. The van der Waals surface area contributed by atoms with E-state index in [-0.39, 0.29) is 11.6 Å². The second kappa shape index (κ2) is 6.40. The number of likely N-dealkylation sites (N-methyl/N-ethyl adjacent to an activating group) is 1. The lowest BCUT2D eigenvalue weighted by Gasteiger charge is -2.47. The van der Waals surface area contributed by atoms with Crippen LogP contribution in [-0.4, -0.2) is 45.5 Å². The van der Waals surface area contributed by atoms with Crippen LogP contribution in [0.5, 0.6) is 0 Å². The van der Waals surface area contributed by atoms with Crippen LogP contribution in [0.25, 0.3) is 0 Å². The second-order valence-electron chi connectivity index (χ2n) is 6.90. The van der Waals surface area contributed by atoms with Crippen LogP contribution >= 0.6 is 0 Å². The summed E-state index contributed by atoms with van der Waals surface area (Å²) in [5, 5.41) is 15.8. The lowest BCUT2D eigenvalue weighted by molar-refractivity contribution is -0.105. The van der Waals surface area contributed by atoms with Crippen molar-refractivity contribution in [3.05, 3.63) is 5.82 Å². The predicted molar refractivity (Wildman–Crippen MR) is 82.0 cm³/mol. The normalized spacial score (nSPS) is 22.1. The van der Waals surface area contributed by atoms with Gasteiger partial charge in [0.2, 0.25) is 0 Å². The Morgan fingerprint density at radius 1 is 1.29 bits per heavy atom. The van der Waals surface area contributed by atoms with Gasteiger partial charge in [-0.2, -0.15) is 4.80 Å². The standard InChI is InChI=1S/C15H29N5O/c1-6-21-15(9-7-14(2,3)8-10-15)12(16-4)11-13-17-19-20(5)18-13/h12,16H,6-11H2,1-5H3. The second-order valence-corrected chi connectivity index (χ2v) is 6.90. The monoisotopic (exact) mass is 295 g/mol. The summed E-state index contributed by atoms with van der Waals surface area (Å²) < 4.78 is 6.25. The largest absolute Gasteiger partial charge is 0.374 e. The van der Waals surface area contributed by atoms with Gasteiger partial charge >= 0.3 is 0 Å². The molecule has 0 bridgehead atoms. The number of aromatic nitrogens is 4. The zero-order valence-corrected chi connectivity index (χ0v) is 14.0. The molecule has 1 heterocycles. The highest BCUT2D eigenvalue weighted by Gasteiger charge is 2.44. The van der Waals surface area contributed by atoms with Crippen LogP contribution in [0.4, 0.5) is 0 Å². The Kier molecular flexibility index (Phi) is 4.99. The fraction of sp³-hybridized carbons (Fsp3) is 0.933. The lowest BCUT2D eigenvalue weighted by Crippen LogP contribution is -2.55. The Hall–Kier alpha value is -1.01. The predicted octanol–water partition coefficient (Wildman–Crippen LogP) is 1.72. The minimum absolute atomic E-state index is 0.113. The van der Waals surface area contributed by atoms with Gasteiger partial charge in [-0.05, 0) is 50.3 Å². The molecule has 6 heteroatoms. The molecule has 1 aromatic heterocycles. The number of nitrogens with one attached hydrogen (secondary N) is 1. The quantitative estimate of drug-likeness (QED) is 0.865. The third-order valence-electron chi connectivity index (χ3n) is 4.80. The Morgan fingerprint density at radius 2 is 1.95 bits per heavy atom. The van der Waals surface area contributed by atoms with E-state index < -0.39 is 0 Å². The Bertz CT molecular complexity index is 447. The molecule has 0 radical (unpaired) electrons. The number of hydrogen-bond donors (Lipinski definition) is 1. The van der Waals surface area contributed by atoms with E-state index in [9.17, 15) is 0 Å². The fourth-order valence-corrected chi connectivity index (χ4v) is 3.37. The van der Waals surface area contributed by atoms with Crippen LogP contribution in [0, 0.1) is 5.41 Å². The lowest BCUT2D eigenvalue weighted by atomic mass is 9.68. The van der Waals surface area contributed by atoms with E-state index in [2.05, 4.69) is 41.5 Å². The maximum absolute atomic E-state index is 6.25. The molecule has 0 saturated heterocycles. The topological polar surface area (TPSA) is 64.9 Å². The van der Waals surface area contributed by atoms with Crippen LogP contribution in [0.3, 0.4) is 0 Å². The van der Waals surface area contributed by atoms with Gasteiger partial charge in [0.15, 0.2) is 5.82 Å². The van der Waals surface area contributed by atoms with Crippen LogP contribution in [0.2, 0.25) is 0 Å². The van der Waals surface area contributed by atoms with Crippen LogP contribution < -0.4 is 5.32 Å². The van der Waals surface area contributed by atoms with Crippen LogP contribution in [0.15, 0.2) is 0 Å². The number of tetrazole rings is 1. The molecule has 1 unspecified atom stereocenters. The number of hydrogen-bond acceptors (Lipinski definition) is 5. The Morgan fingerprint density at radius 3 is 2.43 bits per heavy atom.